The van der Waals surface area contributed by atoms with Crippen molar-refractivity contribution in [3.63, 3.8) is 0 Å². The van der Waals surface area contributed by atoms with Crippen molar-refractivity contribution in [1.82, 2.24) is 0 Å². The van der Waals surface area contributed by atoms with Gasteiger partial charge in [-0.2, -0.15) is 0 Å². The van der Waals surface area contributed by atoms with Crippen LogP contribution in [0.4, 0.5) is 0 Å². The van der Waals surface area contributed by atoms with Crippen LogP contribution in [0, 0.1) is 0 Å². The number of nitrogens with zero attached hydrogens (tertiary/aromatic N) is 1. The molecule has 8 nitrogen and oxygen atoms in total. The molecule has 0 radical (unpaired) electrons. The third-order valence-electron chi connectivity index (χ3n) is 11.8. The molecule has 0 aliphatic carbocycles. The molecule has 0 aliphatic heterocycles. The van der Waals surface area contributed by atoms with Crippen molar-refractivity contribution in [1.29, 1.82) is 0 Å². The molecule has 9 heteroatoms. The molecule has 0 aromatic carbocycles. The Morgan fingerprint density at radius 3 is 1.35 bits per heavy atom. The summed E-state index contributed by atoms with van der Waals surface area (Å²) in [6.45, 7) is 5.40. The average Bonchev–Trinajstić information content (AvgIpc) is 3.23. The first-order valence-corrected chi connectivity index (χ1v) is 28.0. The highest BCUT2D eigenvalue weighted by molar-refractivity contribution is 7.45. The Kier molecular flexibility index (Phi) is 45.7. The maximum Gasteiger partial charge on any atom is 0.306 e. The molecule has 0 N–H and O–H groups in total. The molecule has 2 atom stereocenters. The number of carbonyl (C=O) groups excluding carboxylic acids is 1. The van der Waals surface area contributed by atoms with Gasteiger partial charge in [0, 0.05) is 13.0 Å². The Bertz CT molecular complexity index is 1050. The summed E-state index contributed by atoms with van der Waals surface area (Å²) in [7, 11) is 1.36. The predicted molar refractivity (Wildman–Crippen MR) is 264 cm³/mol. The average molecular weight is 898 g/mol. The second-order valence-corrected chi connectivity index (χ2v) is 20.7. The zero-order chi connectivity index (χ0) is 45.5. The summed E-state index contributed by atoms with van der Waals surface area (Å²) in [6.07, 6.45) is 55.0. The van der Waals surface area contributed by atoms with E-state index in [0.717, 1.165) is 44.9 Å². The number of ether oxygens (including phenoxy) is 2. The molecule has 0 amide bonds. The lowest BCUT2D eigenvalue weighted by molar-refractivity contribution is -0.870. The lowest BCUT2D eigenvalue weighted by atomic mass is 10.0. The summed E-state index contributed by atoms with van der Waals surface area (Å²) >= 11 is 0. The molecule has 2 unspecified atom stereocenters. The Labute approximate surface area is 385 Å². The number of carbonyl (C=O) groups is 1. The van der Waals surface area contributed by atoms with Crippen LogP contribution in [-0.4, -0.2) is 70.7 Å². The maximum atomic E-state index is 12.8. The van der Waals surface area contributed by atoms with E-state index in [1.54, 1.807) is 0 Å². The van der Waals surface area contributed by atoms with E-state index >= 15 is 0 Å². The van der Waals surface area contributed by atoms with Gasteiger partial charge in [-0.1, -0.05) is 231 Å². The summed E-state index contributed by atoms with van der Waals surface area (Å²) in [5, 5.41) is 0. The van der Waals surface area contributed by atoms with Crippen LogP contribution in [0.3, 0.4) is 0 Å². The first kappa shape index (κ1) is 61.0. The van der Waals surface area contributed by atoms with Gasteiger partial charge in [-0.3, -0.25) is 9.36 Å². The number of quaternary nitrogens is 1. The number of phosphoric acid groups is 1. The van der Waals surface area contributed by atoms with E-state index < -0.39 is 13.9 Å². The highest BCUT2D eigenvalue weighted by atomic mass is 31.2. The fourth-order valence-corrected chi connectivity index (χ4v) is 8.35. The van der Waals surface area contributed by atoms with Gasteiger partial charge in [0.15, 0.2) is 0 Å². The minimum absolute atomic E-state index is 0.0261. The number of allylic oxidation sites excluding steroid dienone is 4. The number of likely N-dealkylation sites (N-methyl/N-ethyl adjacent to an activating group) is 1. The van der Waals surface area contributed by atoms with E-state index in [2.05, 4.69) is 38.2 Å². The van der Waals surface area contributed by atoms with Gasteiger partial charge in [-0.15, -0.1) is 0 Å². The van der Waals surface area contributed by atoms with Crippen molar-refractivity contribution in [3.8, 4) is 0 Å². The fourth-order valence-electron chi connectivity index (χ4n) is 7.62. The van der Waals surface area contributed by atoms with E-state index in [9.17, 15) is 14.3 Å². The fraction of sp³-hybridized carbons (Fsp3) is 0.906. The van der Waals surface area contributed by atoms with E-state index in [4.69, 9.17) is 18.5 Å². The first-order valence-electron chi connectivity index (χ1n) is 26.6. The van der Waals surface area contributed by atoms with Crippen LogP contribution in [0.25, 0.3) is 0 Å². The maximum absolute atomic E-state index is 12.8. The predicted octanol–water partition coefficient (Wildman–Crippen LogP) is 15.7. The second kappa shape index (κ2) is 46.5. The summed E-state index contributed by atoms with van der Waals surface area (Å²) in [4.78, 5) is 25.2. The molecule has 0 rings (SSSR count). The normalized spacial score (nSPS) is 13.7. The van der Waals surface area contributed by atoms with Gasteiger partial charge in [-0.25, -0.2) is 0 Å². The highest BCUT2D eigenvalue weighted by Gasteiger charge is 2.20. The second-order valence-electron chi connectivity index (χ2n) is 19.2. The molecule has 0 aromatic rings. The Morgan fingerprint density at radius 2 is 0.903 bits per heavy atom. The van der Waals surface area contributed by atoms with Crippen LogP contribution in [-0.2, 0) is 27.9 Å². The largest absolute Gasteiger partial charge is 0.756 e. The molecule has 0 aromatic heterocycles. The van der Waals surface area contributed by atoms with E-state index in [1.807, 2.05) is 21.1 Å². The molecule has 62 heavy (non-hydrogen) atoms. The smallest absolute Gasteiger partial charge is 0.306 e. The van der Waals surface area contributed by atoms with Crippen molar-refractivity contribution in [2.75, 3.05) is 54.1 Å². The zero-order valence-electron chi connectivity index (χ0n) is 41.8. The van der Waals surface area contributed by atoms with Gasteiger partial charge in [0.05, 0.1) is 34.4 Å². The van der Waals surface area contributed by atoms with Gasteiger partial charge >= 0.3 is 5.97 Å². The molecular weight excluding hydrogens is 794 g/mol. The van der Waals surface area contributed by atoms with Crippen molar-refractivity contribution >= 4 is 13.8 Å². The van der Waals surface area contributed by atoms with Crippen LogP contribution in [0.15, 0.2) is 24.3 Å². The Balaban J connectivity index is 4.04. The van der Waals surface area contributed by atoms with E-state index in [1.165, 1.54) is 186 Å². The van der Waals surface area contributed by atoms with Crippen molar-refractivity contribution < 1.29 is 37.3 Å². The Hall–Kier alpha value is -1.02. The van der Waals surface area contributed by atoms with Crippen LogP contribution >= 0.6 is 7.82 Å². The van der Waals surface area contributed by atoms with Crippen molar-refractivity contribution in [2.24, 2.45) is 0 Å². The van der Waals surface area contributed by atoms with Gasteiger partial charge in [0.25, 0.3) is 7.82 Å². The summed E-state index contributed by atoms with van der Waals surface area (Å²) in [5.74, 6) is -0.332. The SMILES string of the molecule is CCCC/C=C\C/C=C\CCCCCCCCOCC(COP(=O)([O-])OCC[N+](C)(C)C)OC(=O)CCCCCCCCCCCCCCCCCCCCCCCCCCC. The minimum atomic E-state index is -4.53. The number of hydrogen-bond acceptors (Lipinski definition) is 7. The van der Waals surface area contributed by atoms with Crippen molar-refractivity contribution in [3.05, 3.63) is 24.3 Å². The van der Waals surface area contributed by atoms with Gasteiger partial charge in [-0.05, 0) is 38.5 Å². The molecule has 0 bridgehead atoms. The number of esters is 1. The van der Waals surface area contributed by atoms with Crippen LogP contribution < -0.4 is 4.89 Å². The highest BCUT2D eigenvalue weighted by Crippen LogP contribution is 2.38. The summed E-state index contributed by atoms with van der Waals surface area (Å²) in [6, 6.07) is 0. The quantitative estimate of drug-likeness (QED) is 0.0197. The number of unbranched alkanes of at least 4 members (excludes halogenated alkanes) is 32. The third-order valence-corrected chi connectivity index (χ3v) is 12.7. The van der Waals surface area contributed by atoms with E-state index in [0.29, 0.717) is 24.1 Å². The molecule has 0 saturated carbocycles. The minimum Gasteiger partial charge on any atom is -0.756 e. The number of rotatable bonds is 50. The standard InChI is InChI=1S/C53H104NO7P/c1-6-8-10-12-14-16-18-20-22-23-24-25-26-27-28-29-30-31-32-34-36-38-40-42-44-46-53(55)61-52(51-60-62(56,57)59-49-47-54(3,4)5)50-58-48-45-43-41-39-37-35-33-21-19-17-15-13-11-9-7-2/h13,15,19,21,52H,6-12,14,16-18,20,22-51H2,1-5H3/b15-13-,21-19-. The molecule has 368 valence electrons. The first-order chi connectivity index (χ1) is 30.1. The van der Waals surface area contributed by atoms with Gasteiger partial charge < -0.3 is 27.9 Å². The number of phosphoric ester groups is 1. The van der Waals surface area contributed by atoms with E-state index in [-0.39, 0.29) is 25.8 Å². The molecule has 0 saturated heterocycles. The monoisotopic (exact) mass is 898 g/mol. The van der Waals surface area contributed by atoms with Gasteiger partial charge in [0.1, 0.15) is 19.3 Å². The molecule has 0 spiro atoms. The lowest BCUT2D eigenvalue weighted by Gasteiger charge is -2.28. The summed E-state index contributed by atoms with van der Waals surface area (Å²) < 4.78 is 34.7. The van der Waals surface area contributed by atoms with Gasteiger partial charge in [0.2, 0.25) is 0 Å². The van der Waals surface area contributed by atoms with Crippen LogP contribution in [0.1, 0.15) is 251 Å². The molecule has 0 heterocycles. The zero-order valence-corrected chi connectivity index (χ0v) is 42.7. The Morgan fingerprint density at radius 1 is 0.500 bits per heavy atom. The van der Waals surface area contributed by atoms with Crippen LogP contribution in [0.5, 0.6) is 0 Å². The molecule has 0 aliphatic rings. The van der Waals surface area contributed by atoms with Crippen LogP contribution in [0.2, 0.25) is 0 Å². The molecular formula is C53H104NO7P. The number of hydrogen-bond donors (Lipinski definition) is 0. The van der Waals surface area contributed by atoms with Crippen molar-refractivity contribution in [2.45, 2.75) is 258 Å². The third kappa shape index (κ3) is 50.0. The topological polar surface area (TPSA) is 94.1 Å². The molecule has 0 fully saturated rings. The summed E-state index contributed by atoms with van der Waals surface area (Å²) in [5.41, 5.74) is 0. The lowest BCUT2D eigenvalue weighted by Crippen LogP contribution is -2.37.